The maximum absolute atomic E-state index is 12.4. The van der Waals surface area contributed by atoms with Gasteiger partial charge in [-0.1, -0.05) is 11.8 Å². The van der Waals surface area contributed by atoms with Crippen LogP contribution in [0.25, 0.3) is 0 Å². The Bertz CT molecular complexity index is 875. The van der Waals surface area contributed by atoms with Crippen LogP contribution in [0, 0.1) is 13.8 Å². The van der Waals surface area contributed by atoms with Crippen molar-refractivity contribution < 1.29 is 19.1 Å². The van der Waals surface area contributed by atoms with Crippen molar-refractivity contribution in [3.63, 3.8) is 0 Å². The Morgan fingerprint density at radius 2 is 1.96 bits per heavy atom. The van der Waals surface area contributed by atoms with Crippen LogP contribution in [-0.4, -0.2) is 44.9 Å². The minimum Gasteiger partial charge on any atom is -0.462 e. The van der Waals surface area contributed by atoms with Crippen LogP contribution in [0.15, 0.2) is 5.16 Å². The van der Waals surface area contributed by atoms with Gasteiger partial charge in [-0.05, 0) is 33.3 Å². The number of aryl methyl sites for hydroxylation is 1. The average Bonchev–Trinajstić information content (AvgIpc) is 3.12. The van der Waals surface area contributed by atoms with E-state index >= 15 is 0 Å². The fourth-order valence-corrected chi connectivity index (χ4v) is 4.32. The molecule has 0 bridgehead atoms. The minimum absolute atomic E-state index is 0.0727. The quantitative estimate of drug-likeness (QED) is 0.502. The molecule has 0 radical (unpaired) electrons. The summed E-state index contributed by atoms with van der Waals surface area (Å²) >= 11 is 2.20. The number of esters is 1. The molecule has 0 aliphatic rings. The summed E-state index contributed by atoms with van der Waals surface area (Å²) in [6.45, 7) is 7.95. The van der Waals surface area contributed by atoms with E-state index in [-0.39, 0.29) is 33.7 Å². The van der Waals surface area contributed by atoms with E-state index in [1.807, 2.05) is 18.4 Å². The highest BCUT2D eigenvalue weighted by Gasteiger charge is 2.25. The number of nitrogens with two attached hydrogens (primary N) is 1. The van der Waals surface area contributed by atoms with Crippen LogP contribution >= 0.6 is 23.1 Å². The van der Waals surface area contributed by atoms with Gasteiger partial charge in [-0.25, -0.2) is 4.79 Å². The number of hydrogen-bond acceptors (Lipinski definition) is 8. The molecular weight excluding hydrogens is 390 g/mol. The zero-order valence-corrected chi connectivity index (χ0v) is 17.1. The Morgan fingerprint density at radius 1 is 1.26 bits per heavy atom. The molecule has 0 aliphatic carbocycles. The standard InChI is InChI=1S/C16H21N5O4S2/c1-5-21-9(4)19-20-16(21)26-7-10(22)18-14-11(15(24)25-6-2)8(3)12(27-14)13(17)23/h5-7H2,1-4H3,(H2,17,23)(H,18,22). The number of thiophene rings is 1. The summed E-state index contributed by atoms with van der Waals surface area (Å²) in [5.74, 6) is -0.771. The number of ether oxygens (including phenoxy) is 1. The minimum atomic E-state index is -0.663. The lowest BCUT2D eigenvalue weighted by molar-refractivity contribution is -0.113. The molecule has 0 saturated carbocycles. The number of anilines is 1. The molecule has 0 spiro atoms. The van der Waals surface area contributed by atoms with Crippen molar-refractivity contribution in [3.05, 3.63) is 21.8 Å². The lowest BCUT2D eigenvalue weighted by atomic mass is 10.1. The van der Waals surface area contributed by atoms with E-state index in [1.54, 1.807) is 13.8 Å². The summed E-state index contributed by atoms with van der Waals surface area (Å²) in [6.07, 6.45) is 0. The van der Waals surface area contributed by atoms with Gasteiger partial charge in [0.2, 0.25) is 5.91 Å². The van der Waals surface area contributed by atoms with Crippen LogP contribution in [0.4, 0.5) is 5.00 Å². The predicted octanol–water partition coefficient (Wildman–Crippen LogP) is 1.98. The van der Waals surface area contributed by atoms with Crippen LogP contribution in [-0.2, 0) is 16.1 Å². The molecule has 0 unspecified atom stereocenters. The van der Waals surface area contributed by atoms with Crippen molar-refractivity contribution in [1.29, 1.82) is 0 Å². The van der Waals surface area contributed by atoms with Crippen LogP contribution < -0.4 is 11.1 Å². The molecule has 2 aromatic rings. The molecule has 0 fully saturated rings. The van der Waals surface area contributed by atoms with Crippen molar-refractivity contribution in [2.24, 2.45) is 5.73 Å². The summed E-state index contributed by atoms with van der Waals surface area (Å²) in [7, 11) is 0. The maximum atomic E-state index is 12.4. The molecule has 0 aliphatic heterocycles. The van der Waals surface area contributed by atoms with Crippen molar-refractivity contribution in [3.8, 4) is 0 Å². The Balaban J connectivity index is 2.17. The third-order valence-corrected chi connectivity index (χ3v) is 5.84. The van der Waals surface area contributed by atoms with E-state index in [2.05, 4.69) is 15.5 Å². The van der Waals surface area contributed by atoms with Crippen molar-refractivity contribution >= 4 is 45.9 Å². The molecular formula is C16H21N5O4S2. The number of carbonyl (C=O) groups is 3. The first kappa shape index (κ1) is 20.9. The topological polar surface area (TPSA) is 129 Å². The van der Waals surface area contributed by atoms with Crippen LogP contribution in [0.5, 0.6) is 0 Å². The summed E-state index contributed by atoms with van der Waals surface area (Å²) in [5.41, 5.74) is 5.91. The van der Waals surface area contributed by atoms with Gasteiger partial charge >= 0.3 is 5.97 Å². The van der Waals surface area contributed by atoms with E-state index in [1.165, 1.54) is 11.8 Å². The van der Waals surface area contributed by atoms with Gasteiger partial charge in [0.25, 0.3) is 5.91 Å². The predicted molar refractivity (Wildman–Crippen MR) is 103 cm³/mol. The number of nitrogens with one attached hydrogen (secondary N) is 1. The molecule has 0 saturated heterocycles. The molecule has 2 aromatic heterocycles. The molecule has 11 heteroatoms. The zero-order chi connectivity index (χ0) is 20.1. The highest BCUT2D eigenvalue weighted by Crippen LogP contribution is 2.33. The van der Waals surface area contributed by atoms with E-state index in [9.17, 15) is 14.4 Å². The van der Waals surface area contributed by atoms with E-state index < -0.39 is 11.9 Å². The number of hydrogen-bond donors (Lipinski definition) is 2. The molecule has 2 heterocycles. The van der Waals surface area contributed by atoms with Gasteiger partial charge in [-0.15, -0.1) is 21.5 Å². The highest BCUT2D eigenvalue weighted by atomic mass is 32.2. The monoisotopic (exact) mass is 411 g/mol. The van der Waals surface area contributed by atoms with Gasteiger partial charge in [-0.3, -0.25) is 9.59 Å². The van der Waals surface area contributed by atoms with Crippen LogP contribution in [0.3, 0.4) is 0 Å². The van der Waals surface area contributed by atoms with Gasteiger partial charge < -0.3 is 20.4 Å². The fraction of sp³-hybridized carbons (Fsp3) is 0.438. The molecule has 9 nitrogen and oxygen atoms in total. The summed E-state index contributed by atoms with van der Waals surface area (Å²) in [6, 6.07) is 0. The van der Waals surface area contributed by atoms with Gasteiger partial charge in [-0.2, -0.15) is 0 Å². The first-order chi connectivity index (χ1) is 12.8. The lowest BCUT2D eigenvalue weighted by Crippen LogP contribution is -2.17. The van der Waals surface area contributed by atoms with E-state index in [0.717, 1.165) is 17.2 Å². The Labute approximate surface area is 164 Å². The molecule has 27 heavy (non-hydrogen) atoms. The molecule has 0 atom stereocenters. The molecule has 0 aromatic carbocycles. The van der Waals surface area contributed by atoms with Gasteiger partial charge in [0, 0.05) is 6.54 Å². The Hall–Kier alpha value is -2.40. The van der Waals surface area contributed by atoms with Gasteiger partial charge in [0.05, 0.1) is 22.8 Å². The Kier molecular flexibility index (Phi) is 6.97. The second kappa shape index (κ2) is 9.00. The molecule has 3 N–H and O–H groups in total. The van der Waals surface area contributed by atoms with Gasteiger partial charge in [0.15, 0.2) is 5.16 Å². The smallest absolute Gasteiger partial charge is 0.341 e. The number of thioether (sulfide) groups is 1. The number of primary amides is 1. The van der Waals surface area contributed by atoms with Crippen molar-refractivity contribution in [1.82, 2.24) is 14.8 Å². The fourth-order valence-electron chi connectivity index (χ4n) is 2.41. The largest absolute Gasteiger partial charge is 0.462 e. The number of rotatable bonds is 8. The number of aromatic nitrogens is 3. The maximum Gasteiger partial charge on any atom is 0.341 e. The summed E-state index contributed by atoms with van der Waals surface area (Å²) in [5, 5.41) is 11.6. The van der Waals surface area contributed by atoms with Crippen molar-refractivity contribution in [2.45, 2.75) is 39.4 Å². The van der Waals surface area contributed by atoms with E-state index in [4.69, 9.17) is 10.5 Å². The third kappa shape index (κ3) is 4.66. The number of nitrogens with zero attached hydrogens (tertiary/aromatic N) is 3. The lowest BCUT2D eigenvalue weighted by Gasteiger charge is -2.07. The molecule has 146 valence electrons. The molecule has 2 amide bonds. The van der Waals surface area contributed by atoms with Crippen LogP contribution in [0.2, 0.25) is 0 Å². The van der Waals surface area contributed by atoms with Crippen LogP contribution in [0.1, 0.15) is 45.3 Å². The first-order valence-electron chi connectivity index (χ1n) is 8.22. The second-order valence-corrected chi connectivity index (χ2v) is 7.42. The second-order valence-electron chi connectivity index (χ2n) is 5.46. The van der Waals surface area contributed by atoms with Gasteiger partial charge in [0.1, 0.15) is 10.8 Å². The molecule has 2 rings (SSSR count). The SMILES string of the molecule is CCOC(=O)c1c(NC(=O)CSc2nnc(C)n2CC)sc(C(N)=O)c1C. The van der Waals surface area contributed by atoms with E-state index in [0.29, 0.717) is 17.3 Å². The summed E-state index contributed by atoms with van der Waals surface area (Å²) < 4.78 is 6.92. The zero-order valence-electron chi connectivity index (χ0n) is 15.5. The number of amides is 2. The summed E-state index contributed by atoms with van der Waals surface area (Å²) in [4.78, 5) is 36.4. The average molecular weight is 412 g/mol. The Morgan fingerprint density at radius 3 is 2.56 bits per heavy atom. The third-order valence-electron chi connectivity index (χ3n) is 3.65. The normalized spacial score (nSPS) is 10.7. The van der Waals surface area contributed by atoms with Crippen molar-refractivity contribution in [2.75, 3.05) is 17.7 Å². The first-order valence-corrected chi connectivity index (χ1v) is 10.0. The highest BCUT2D eigenvalue weighted by molar-refractivity contribution is 7.99. The number of carbonyl (C=O) groups excluding carboxylic acids is 3.